The number of carbonyl (C=O) groups excluding carboxylic acids is 3. The predicted molar refractivity (Wildman–Crippen MR) is 135 cm³/mol. The van der Waals surface area contributed by atoms with Crippen LogP contribution in [0.4, 0.5) is 22.0 Å². The van der Waals surface area contributed by atoms with Gasteiger partial charge in [0.2, 0.25) is 11.8 Å². The van der Waals surface area contributed by atoms with E-state index in [-0.39, 0.29) is 53.3 Å². The molecular weight excluding hydrogens is 557 g/mol. The number of nitrogens with zero attached hydrogens (tertiary/aromatic N) is 2. The molecule has 2 saturated heterocycles. The summed E-state index contributed by atoms with van der Waals surface area (Å²) in [6.07, 6.45) is -4.20. The predicted octanol–water partition coefficient (Wildman–Crippen LogP) is 3.48. The molecule has 0 radical (unpaired) electrons. The van der Waals surface area contributed by atoms with Gasteiger partial charge in [-0.1, -0.05) is 0 Å². The van der Waals surface area contributed by atoms with Crippen molar-refractivity contribution in [2.75, 3.05) is 47.5 Å². The van der Waals surface area contributed by atoms with E-state index in [4.69, 9.17) is 9.47 Å². The molecule has 14 heteroatoms. The molecule has 41 heavy (non-hydrogen) atoms. The van der Waals surface area contributed by atoms with Crippen LogP contribution >= 0.6 is 0 Å². The van der Waals surface area contributed by atoms with E-state index in [1.165, 1.54) is 31.2 Å². The van der Waals surface area contributed by atoms with Gasteiger partial charge in [-0.15, -0.1) is 13.2 Å². The largest absolute Gasteiger partial charge is 0.573 e. The molecule has 4 rings (SSSR count). The van der Waals surface area contributed by atoms with Crippen LogP contribution in [0.1, 0.15) is 34.7 Å². The molecule has 224 valence electrons. The SMILES string of the molecule is CNC(=O)c1ccc(OC(F)(F)F)cc1.COCCN1CCC(N2CC(c3c(F)cc(OC)cc3F)CC2=O)C1=O. The molecule has 0 bridgehead atoms. The first-order valence-corrected chi connectivity index (χ1v) is 12.6. The average Bonchev–Trinajstić information content (AvgIpc) is 3.47. The summed E-state index contributed by atoms with van der Waals surface area (Å²) in [5.41, 5.74) is 0.148. The Morgan fingerprint density at radius 2 is 1.68 bits per heavy atom. The molecule has 2 aromatic carbocycles. The number of benzene rings is 2. The zero-order chi connectivity index (χ0) is 30.3. The lowest BCUT2D eigenvalue weighted by Crippen LogP contribution is -2.43. The molecule has 2 atom stereocenters. The molecule has 3 amide bonds. The average molecular weight is 588 g/mol. The van der Waals surface area contributed by atoms with Crippen LogP contribution in [0.15, 0.2) is 36.4 Å². The number of ether oxygens (including phenoxy) is 3. The van der Waals surface area contributed by atoms with E-state index in [0.717, 1.165) is 24.3 Å². The summed E-state index contributed by atoms with van der Waals surface area (Å²) in [5.74, 6) is -3.10. The number of carbonyl (C=O) groups is 3. The van der Waals surface area contributed by atoms with Gasteiger partial charge in [0.1, 0.15) is 29.2 Å². The third kappa shape index (κ3) is 8.06. The number of methoxy groups -OCH3 is 2. The Labute approximate surface area is 233 Å². The molecular formula is C27H30F5N3O6. The van der Waals surface area contributed by atoms with Crippen LogP contribution < -0.4 is 14.8 Å². The highest BCUT2D eigenvalue weighted by Gasteiger charge is 2.43. The lowest BCUT2D eigenvalue weighted by molar-refractivity contribution is -0.274. The van der Waals surface area contributed by atoms with Crippen molar-refractivity contribution in [2.45, 2.75) is 31.2 Å². The van der Waals surface area contributed by atoms with E-state index >= 15 is 0 Å². The van der Waals surface area contributed by atoms with Gasteiger partial charge in [0.25, 0.3) is 5.91 Å². The van der Waals surface area contributed by atoms with Gasteiger partial charge in [0.15, 0.2) is 0 Å². The summed E-state index contributed by atoms with van der Waals surface area (Å²) in [6.45, 7) is 1.58. The maximum atomic E-state index is 14.3. The number of likely N-dealkylation sites (tertiary alicyclic amines) is 2. The maximum Gasteiger partial charge on any atom is 0.573 e. The summed E-state index contributed by atoms with van der Waals surface area (Å²) >= 11 is 0. The van der Waals surface area contributed by atoms with Crippen LogP contribution in [-0.2, 0) is 14.3 Å². The van der Waals surface area contributed by atoms with Crippen LogP contribution in [-0.4, -0.2) is 87.4 Å². The molecule has 0 aromatic heterocycles. The van der Waals surface area contributed by atoms with Crippen LogP contribution in [0, 0.1) is 11.6 Å². The van der Waals surface area contributed by atoms with Crippen molar-refractivity contribution in [1.29, 1.82) is 0 Å². The second kappa shape index (κ2) is 13.6. The van der Waals surface area contributed by atoms with Crippen LogP contribution in [0.25, 0.3) is 0 Å². The lowest BCUT2D eigenvalue weighted by atomic mass is 9.97. The van der Waals surface area contributed by atoms with Gasteiger partial charge in [-0.05, 0) is 30.7 Å². The molecule has 9 nitrogen and oxygen atoms in total. The lowest BCUT2D eigenvalue weighted by Gasteiger charge is -2.24. The molecule has 2 fully saturated rings. The highest BCUT2D eigenvalue weighted by molar-refractivity contribution is 5.94. The molecule has 2 aliphatic heterocycles. The standard InChI is InChI=1S/C18H22F2N2O4.C9H8F3NO2/c1-25-6-5-21-4-3-15(18(21)24)22-10-11(7-16(22)23)17-13(19)8-12(26-2)9-14(17)20;1-13-8(14)6-2-4-7(5-3-6)15-9(10,11)12/h8-9,11,15H,3-7,10H2,1-2H3;2-5H,1H3,(H,13,14). The van der Waals surface area contributed by atoms with E-state index in [9.17, 15) is 36.3 Å². The van der Waals surface area contributed by atoms with E-state index in [0.29, 0.717) is 26.1 Å². The fourth-order valence-electron chi connectivity index (χ4n) is 4.68. The molecule has 2 heterocycles. The second-order valence-corrected chi connectivity index (χ2v) is 9.23. The van der Waals surface area contributed by atoms with Crippen molar-refractivity contribution >= 4 is 17.7 Å². The van der Waals surface area contributed by atoms with Gasteiger partial charge in [-0.2, -0.15) is 0 Å². The smallest absolute Gasteiger partial charge is 0.497 e. The minimum atomic E-state index is -4.71. The van der Waals surface area contributed by atoms with E-state index in [1.807, 2.05) is 0 Å². The highest BCUT2D eigenvalue weighted by Crippen LogP contribution is 2.36. The van der Waals surface area contributed by atoms with Gasteiger partial charge >= 0.3 is 6.36 Å². The Kier molecular flexibility index (Phi) is 10.5. The second-order valence-electron chi connectivity index (χ2n) is 9.23. The van der Waals surface area contributed by atoms with Crippen molar-refractivity contribution in [2.24, 2.45) is 0 Å². The number of hydrogen-bond acceptors (Lipinski definition) is 6. The van der Waals surface area contributed by atoms with Crippen LogP contribution in [0.2, 0.25) is 0 Å². The first-order chi connectivity index (χ1) is 19.4. The molecule has 2 unspecified atom stereocenters. The molecule has 0 spiro atoms. The van der Waals surface area contributed by atoms with Gasteiger partial charge in [0, 0.05) is 69.4 Å². The zero-order valence-electron chi connectivity index (χ0n) is 22.6. The fourth-order valence-corrected chi connectivity index (χ4v) is 4.68. The molecule has 0 saturated carbocycles. The number of hydrogen-bond donors (Lipinski definition) is 1. The zero-order valence-corrected chi connectivity index (χ0v) is 22.6. The summed E-state index contributed by atoms with van der Waals surface area (Å²) in [5, 5.41) is 2.35. The van der Waals surface area contributed by atoms with Crippen molar-refractivity contribution in [3.8, 4) is 11.5 Å². The monoisotopic (exact) mass is 587 g/mol. The third-order valence-corrected chi connectivity index (χ3v) is 6.64. The molecule has 2 aliphatic rings. The number of amides is 3. The van der Waals surface area contributed by atoms with Crippen LogP contribution in [0.5, 0.6) is 11.5 Å². The first-order valence-electron chi connectivity index (χ1n) is 12.6. The topological polar surface area (TPSA) is 97.4 Å². The van der Waals surface area contributed by atoms with E-state index in [1.54, 1.807) is 12.0 Å². The van der Waals surface area contributed by atoms with Gasteiger partial charge in [0.05, 0.1) is 13.7 Å². The highest BCUT2D eigenvalue weighted by atomic mass is 19.4. The third-order valence-electron chi connectivity index (χ3n) is 6.64. The Morgan fingerprint density at radius 1 is 1.05 bits per heavy atom. The first kappa shape index (κ1) is 31.6. The normalized spacial score (nSPS) is 18.7. The number of alkyl halides is 3. The van der Waals surface area contributed by atoms with Gasteiger partial charge < -0.3 is 29.3 Å². The van der Waals surface area contributed by atoms with Crippen LogP contribution in [0.3, 0.4) is 0 Å². The van der Waals surface area contributed by atoms with Gasteiger partial charge in [-0.25, -0.2) is 8.78 Å². The summed E-state index contributed by atoms with van der Waals surface area (Å²) in [7, 11) is 4.32. The van der Waals surface area contributed by atoms with Crippen molar-refractivity contribution < 1.29 is 50.5 Å². The van der Waals surface area contributed by atoms with Gasteiger partial charge in [-0.3, -0.25) is 14.4 Å². The minimum Gasteiger partial charge on any atom is -0.497 e. The molecule has 0 aliphatic carbocycles. The fraction of sp³-hybridized carbons (Fsp3) is 0.444. The number of nitrogens with one attached hydrogen (secondary N) is 1. The van der Waals surface area contributed by atoms with Crippen molar-refractivity contribution in [1.82, 2.24) is 15.1 Å². The van der Waals surface area contributed by atoms with Crippen molar-refractivity contribution in [3.05, 3.63) is 59.2 Å². The molecule has 1 N–H and O–H groups in total. The summed E-state index contributed by atoms with van der Waals surface area (Å²) in [4.78, 5) is 39.1. The quantitative estimate of drug-likeness (QED) is 0.476. The van der Waals surface area contributed by atoms with E-state index in [2.05, 4.69) is 10.1 Å². The minimum absolute atomic E-state index is 0.0119. The summed E-state index contributed by atoms with van der Waals surface area (Å²) in [6, 6.07) is 6.32. The maximum absolute atomic E-state index is 14.3. The Hall–Kier alpha value is -3.94. The van der Waals surface area contributed by atoms with E-state index < -0.39 is 30.0 Å². The Bertz CT molecular complexity index is 1220. The number of rotatable bonds is 8. The Balaban J connectivity index is 0.000000263. The number of halogens is 5. The Morgan fingerprint density at radius 3 is 2.22 bits per heavy atom. The molecule has 2 aromatic rings. The van der Waals surface area contributed by atoms with Crippen molar-refractivity contribution in [3.63, 3.8) is 0 Å². The summed E-state index contributed by atoms with van der Waals surface area (Å²) < 4.78 is 77.4.